The summed E-state index contributed by atoms with van der Waals surface area (Å²) >= 11 is 0. The number of carbonyl (C=O) groups is 2. The van der Waals surface area contributed by atoms with E-state index in [1.165, 1.54) is 11.1 Å². The predicted molar refractivity (Wildman–Crippen MR) is 196 cm³/mol. The van der Waals surface area contributed by atoms with Gasteiger partial charge >= 0.3 is 6.09 Å². The van der Waals surface area contributed by atoms with Gasteiger partial charge in [0, 0.05) is 24.7 Å². The van der Waals surface area contributed by atoms with Crippen LogP contribution in [0.1, 0.15) is 40.2 Å². The molecule has 0 bridgehead atoms. The number of morpholine rings is 1. The highest BCUT2D eigenvalue weighted by molar-refractivity contribution is 5.98. The lowest BCUT2D eigenvalue weighted by atomic mass is 9.84. The summed E-state index contributed by atoms with van der Waals surface area (Å²) in [5.41, 5.74) is 5.77. The summed E-state index contributed by atoms with van der Waals surface area (Å²) in [6, 6.07) is 44.2. The Bertz CT molecular complexity index is 1760. The molecule has 5 aromatic carbocycles. The zero-order valence-electron chi connectivity index (χ0n) is 27.9. The first-order chi connectivity index (χ1) is 24.5. The number of rotatable bonds is 14. The summed E-state index contributed by atoms with van der Waals surface area (Å²) in [5.74, 6) is -0.151. The molecule has 1 saturated heterocycles. The van der Waals surface area contributed by atoms with Crippen molar-refractivity contribution in [3.05, 3.63) is 167 Å². The highest BCUT2D eigenvalue weighted by atomic mass is 16.5. The third kappa shape index (κ3) is 9.59. The number of ether oxygens (including phenoxy) is 2. The Morgan fingerprint density at radius 3 is 1.98 bits per heavy atom. The average molecular weight is 670 g/mol. The van der Waals surface area contributed by atoms with Crippen LogP contribution < -0.4 is 20.7 Å². The fourth-order valence-corrected chi connectivity index (χ4v) is 6.48. The Labute approximate surface area is 293 Å². The molecule has 8 nitrogen and oxygen atoms in total. The number of hydrogen-bond acceptors (Lipinski definition) is 5. The molecule has 0 aliphatic carbocycles. The van der Waals surface area contributed by atoms with E-state index >= 15 is 0 Å². The van der Waals surface area contributed by atoms with Crippen molar-refractivity contribution in [2.24, 2.45) is 0 Å². The second-order valence-corrected chi connectivity index (χ2v) is 12.6. The standard InChI is InChI=1S/C42H43N3O5/c46-41(40(45-42(47)48)39(33-15-6-2-7-16-33)34-17-8-3-9-18-34)44-38-19-11-10-14-32(38)22-25-36-27-43-28-37(50-36)29-49-35-23-20-31(21-24-35)26-30-12-4-1-5-13-30/h1-21,23-24,36-37,39-40,43,45H,22,25-29H2,(H,44,46)(H,47,48)/t36-,37+,40?/m1/s1. The van der Waals surface area contributed by atoms with E-state index in [-0.39, 0.29) is 12.2 Å². The molecule has 5 aromatic rings. The van der Waals surface area contributed by atoms with Crippen molar-refractivity contribution in [1.82, 2.24) is 10.6 Å². The molecule has 1 aliphatic rings. The van der Waals surface area contributed by atoms with E-state index in [9.17, 15) is 14.7 Å². The molecule has 0 spiro atoms. The van der Waals surface area contributed by atoms with Crippen LogP contribution in [-0.2, 0) is 22.4 Å². The van der Waals surface area contributed by atoms with Crippen molar-refractivity contribution in [3.63, 3.8) is 0 Å². The lowest BCUT2D eigenvalue weighted by molar-refractivity contribution is -0.118. The van der Waals surface area contributed by atoms with E-state index in [2.05, 4.69) is 52.3 Å². The molecule has 2 amide bonds. The van der Waals surface area contributed by atoms with E-state index < -0.39 is 24.0 Å². The van der Waals surface area contributed by atoms with Crippen LogP contribution in [0.2, 0.25) is 0 Å². The van der Waals surface area contributed by atoms with Gasteiger partial charge in [0.1, 0.15) is 24.5 Å². The fraction of sp³-hybridized carbons (Fsp3) is 0.238. The van der Waals surface area contributed by atoms with E-state index in [0.29, 0.717) is 25.3 Å². The monoisotopic (exact) mass is 669 g/mol. The Balaban J connectivity index is 1.06. The summed E-state index contributed by atoms with van der Waals surface area (Å²) in [7, 11) is 0. The summed E-state index contributed by atoms with van der Waals surface area (Å²) in [4.78, 5) is 25.9. The minimum Gasteiger partial charge on any atom is -0.491 e. The summed E-state index contributed by atoms with van der Waals surface area (Å²) in [5, 5.41) is 18.8. The molecule has 4 N–H and O–H groups in total. The van der Waals surface area contributed by atoms with Gasteiger partial charge in [0.2, 0.25) is 5.91 Å². The van der Waals surface area contributed by atoms with Crippen LogP contribution in [0.5, 0.6) is 5.75 Å². The topological polar surface area (TPSA) is 109 Å². The molecule has 8 heteroatoms. The van der Waals surface area contributed by atoms with Crippen LogP contribution in [0, 0.1) is 0 Å². The molecule has 1 fully saturated rings. The van der Waals surface area contributed by atoms with Crippen molar-refractivity contribution < 1.29 is 24.2 Å². The summed E-state index contributed by atoms with van der Waals surface area (Å²) in [6.07, 6.45) is 0.887. The normalized spacial score (nSPS) is 16.3. The number of aryl methyl sites for hydroxylation is 1. The maximum atomic E-state index is 13.9. The number of anilines is 1. The third-order valence-electron chi connectivity index (χ3n) is 8.96. The fourth-order valence-electron chi connectivity index (χ4n) is 6.48. The Hall–Kier alpha value is -5.44. The van der Waals surface area contributed by atoms with E-state index in [1.807, 2.05) is 103 Å². The van der Waals surface area contributed by atoms with Crippen LogP contribution in [0.25, 0.3) is 0 Å². The minimum atomic E-state index is -1.27. The molecule has 0 saturated carbocycles. The SMILES string of the molecule is O=C(O)NC(C(=O)Nc1ccccc1CC[C@@H]1CNC[C@@H](COc2ccc(Cc3ccccc3)cc2)O1)C(c1ccccc1)c1ccccc1. The minimum absolute atomic E-state index is 0.0312. The Kier molecular flexibility index (Phi) is 11.9. The van der Waals surface area contributed by atoms with E-state index in [0.717, 1.165) is 41.8 Å². The Morgan fingerprint density at radius 2 is 1.32 bits per heavy atom. The van der Waals surface area contributed by atoms with Gasteiger partial charge in [0.15, 0.2) is 0 Å². The van der Waals surface area contributed by atoms with Gasteiger partial charge in [-0.05, 0) is 65.3 Å². The van der Waals surface area contributed by atoms with Gasteiger partial charge in [-0.3, -0.25) is 4.79 Å². The van der Waals surface area contributed by atoms with E-state index in [4.69, 9.17) is 9.47 Å². The van der Waals surface area contributed by atoms with Crippen LogP contribution in [0.4, 0.5) is 10.5 Å². The molecular formula is C42H43N3O5. The first kappa shape index (κ1) is 34.4. The van der Waals surface area contributed by atoms with Gasteiger partial charge in [-0.25, -0.2) is 4.79 Å². The Morgan fingerprint density at radius 1 is 0.740 bits per heavy atom. The number of nitrogens with one attached hydrogen (secondary N) is 3. The molecule has 0 aromatic heterocycles. The lowest BCUT2D eigenvalue weighted by Crippen LogP contribution is -2.47. The smallest absolute Gasteiger partial charge is 0.405 e. The first-order valence-electron chi connectivity index (χ1n) is 17.1. The van der Waals surface area contributed by atoms with Crippen LogP contribution in [-0.4, -0.2) is 55.1 Å². The number of hydrogen-bond donors (Lipinski definition) is 4. The molecule has 1 unspecified atom stereocenters. The number of para-hydroxylation sites is 1. The molecule has 6 rings (SSSR count). The van der Waals surface area contributed by atoms with Crippen molar-refractivity contribution in [1.29, 1.82) is 0 Å². The number of amides is 2. The maximum Gasteiger partial charge on any atom is 0.405 e. The second-order valence-electron chi connectivity index (χ2n) is 12.6. The molecule has 0 radical (unpaired) electrons. The largest absolute Gasteiger partial charge is 0.491 e. The average Bonchev–Trinajstić information content (AvgIpc) is 3.15. The van der Waals surface area contributed by atoms with Gasteiger partial charge in [-0.1, -0.05) is 121 Å². The van der Waals surface area contributed by atoms with Crippen molar-refractivity contribution in [2.75, 3.05) is 25.0 Å². The molecule has 1 aliphatic heterocycles. The van der Waals surface area contributed by atoms with Crippen LogP contribution in [0.3, 0.4) is 0 Å². The quantitative estimate of drug-likeness (QED) is 0.101. The summed E-state index contributed by atoms with van der Waals surface area (Å²) in [6.45, 7) is 1.87. The predicted octanol–water partition coefficient (Wildman–Crippen LogP) is 7.05. The molecule has 1 heterocycles. The van der Waals surface area contributed by atoms with Crippen molar-refractivity contribution in [3.8, 4) is 5.75 Å². The van der Waals surface area contributed by atoms with Crippen LogP contribution in [0.15, 0.2) is 140 Å². The zero-order chi connectivity index (χ0) is 34.5. The van der Waals surface area contributed by atoms with Crippen LogP contribution >= 0.6 is 0 Å². The second kappa shape index (κ2) is 17.3. The van der Waals surface area contributed by atoms with Gasteiger partial charge in [-0.15, -0.1) is 0 Å². The summed E-state index contributed by atoms with van der Waals surface area (Å²) < 4.78 is 12.5. The first-order valence-corrected chi connectivity index (χ1v) is 17.1. The van der Waals surface area contributed by atoms with Gasteiger partial charge in [-0.2, -0.15) is 0 Å². The van der Waals surface area contributed by atoms with Gasteiger partial charge in [0.05, 0.1) is 6.10 Å². The van der Waals surface area contributed by atoms with Crippen molar-refractivity contribution in [2.45, 2.75) is 43.4 Å². The third-order valence-corrected chi connectivity index (χ3v) is 8.96. The van der Waals surface area contributed by atoms with Gasteiger partial charge < -0.3 is 30.5 Å². The maximum absolute atomic E-state index is 13.9. The van der Waals surface area contributed by atoms with E-state index in [1.54, 1.807) is 0 Å². The van der Waals surface area contributed by atoms with Crippen molar-refractivity contribution >= 4 is 17.7 Å². The van der Waals surface area contributed by atoms with Gasteiger partial charge in [0.25, 0.3) is 0 Å². The molecule has 3 atom stereocenters. The zero-order valence-corrected chi connectivity index (χ0v) is 27.9. The lowest BCUT2D eigenvalue weighted by Gasteiger charge is -2.31. The number of carboxylic acid groups (broad SMARTS) is 1. The highest BCUT2D eigenvalue weighted by Crippen LogP contribution is 2.30. The highest BCUT2D eigenvalue weighted by Gasteiger charge is 2.33. The molecular weight excluding hydrogens is 626 g/mol. The number of benzene rings is 5. The number of carbonyl (C=O) groups excluding carboxylic acids is 1. The molecule has 50 heavy (non-hydrogen) atoms. The molecule has 256 valence electrons.